The molecule has 1 atom stereocenters. The molecule has 5 nitrogen and oxygen atoms in total. The van der Waals surface area contributed by atoms with Crippen molar-refractivity contribution < 1.29 is 13.5 Å². The molecule has 0 amide bonds. The molecule has 0 bridgehead atoms. The van der Waals surface area contributed by atoms with Crippen LogP contribution >= 0.6 is 24.0 Å². The minimum atomic E-state index is -0.560. The number of benzene rings is 2. The van der Waals surface area contributed by atoms with E-state index in [9.17, 15) is 8.78 Å². The van der Waals surface area contributed by atoms with Crippen LogP contribution in [0.15, 0.2) is 47.5 Å². The zero-order valence-electron chi connectivity index (χ0n) is 16.6. The molecule has 1 aliphatic rings. The van der Waals surface area contributed by atoms with Crippen molar-refractivity contribution in [3.8, 4) is 5.75 Å². The molecule has 2 aromatic rings. The third kappa shape index (κ3) is 6.19. The van der Waals surface area contributed by atoms with Gasteiger partial charge in [-0.25, -0.2) is 8.78 Å². The molecule has 1 fully saturated rings. The molecule has 0 aliphatic carbocycles. The first-order valence-electron chi connectivity index (χ1n) is 9.39. The van der Waals surface area contributed by atoms with Gasteiger partial charge in [-0.3, -0.25) is 4.99 Å². The topological polar surface area (TPSA) is 48.9 Å². The van der Waals surface area contributed by atoms with E-state index >= 15 is 0 Å². The van der Waals surface area contributed by atoms with Crippen LogP contribution in [0.3, 0.4) is 0 Å². The molecule has 2 aromatic carbocycles. The smallest absolute Gasteiger partial charge is 0.191 e. The fraction of sp³-hybridized carbons (Fsp3) is 0.381. The monoisotopic (exact) mass is 516 g/mol. The molecule has 1 saturated heterocycles. The van der Waals surface area contributed by atoms with Gasteiger partial charge in [-0.05, 0) is 36.6 Å². The maximum absolute atomic E-state index is 14.0. The highest BCUT2D eigenvalue weighted by atomic mass is 127. The van der Waals surface area contributed by atoms with Crippen LogP contribution in [0.1, 0.15) is 12.0 Å². The molecule has 0 saturated carbocycles. The quantitative estimate of drug-likeness (QED) is 0.350. The highest BCUT2D eigenvalue weighted by Gasteiger charge is 2.25. The van der Waals surface area contributed by atoms with Crippen molar-refractivity contribution in [2.45, 2.75) is 18.9 Å². The Morgan fingerprint density at radius 1 is 1.24 bits per heavy atom. The second-order valence-electron chi connectivity index (χ2n) is 6.73. The number of nitrogens with one attached hydrogen (secondary N) is 2. The van der Waals surface area contributed by atoms with E-state index in [0.29, 0.717) is 31.3 Å². The summed E-state index contributed by atoms with van der Waals surface area (Å²) in [5, 5.41) is 6.69. The number of anilines is 1. The van der Waals surface area contributed by atoms with Crippen molar-refractivity contribution in [3.63, 3.8) is 0 Å². The molecule has 158 valence electrons. The van der Waals surface area contributed by atoms with Gasteiger partial charge in [-0.1, -0.05) is 18.2 Å². The fourth-order valence-corrected chi connectivity index (χ4v) is 3.45. The number of para-hydroxylation sites is 1. The van der Waals surface area contributed by atoms with Gasteiger partial charge in [0.1, 0.15) is 17.4 Å². The fourth-order valence-electron chi connectivity index (χ4n) is 3.45. The second-order valence-corrected chi connectivity index (χ2v) is 6.73. The Morgan fingerprint density at radius 3 is 2.76 bits per heavy atom. The number of hydrogen-bond donors (Lipinski definition) is 2. The number of halogens is 3. The normalized spacial score (nSPS) is 16.3. The van der Waals surface area contributed by atoms with Crippen molar-refractivity contribution in [2.75, 3.05) is 38.7 Å². The van der Waals surface area contributed by atoms with Gasteiger partial charge in [-0.15, -0.1) is 24.0 Å². The summed E-state index contributed by atoms with van der Waals surface area (Å²) >= 11 is 0. The van der Waals surface area contributed by atoms with E-state index in [0.717, 1.165) is 30.2 Å². The number of rotatable bonds is 6. The largest absolute Gasteiger partial charge is 0.496 e. The lowest BCUT2D eigenvalue weighted by Crippen LogP contribution is -2.45. The summed E-state index contributed by atoms with van der Waals surface area (Å²) in [6.07, 6.45) is 1.66. The lowest BCUT2D eigenvalue weighted by molar-refractivity contribution is 0.409. The summed E-state index contributed by atoms with van der Waals surface area (Å²) in [6.45, 7) is 2.05. The van der Waals surface area contributed by atoms with E-state index in [2.05, 4.69) is 15.6 Å². The molecule has 3 rings (SSSR count). The molecule has 2 N–H and O–H groups in total. The van der Waals surface area contributed by atoms with E-state index in [-0.39, 0.29) is 30.0 Å². The highest BCUT2D eigenvalue weighted by molar-refractivity contribution is 14.0. The van der Waals surface area contributed by atoms with Gasteiger partial charge in [0.15, 0.2) is 5.96 Å². The Hall–Kier alpha value is -2.10. The van der Waals surface area contributed by atoms with Gasteiger partial charge < -0.3 is 20.3 Å². The van der Waals surface area contributed by atoms with Crippen LogP contribution in [0.4, 0.5) is 14.5 Å². The van der Waals surface area contributed by atoms with Crippen molar-refractivity contribution in [2.24, 2.45) is 4.99 Å². The van der Waals surface area contributed by atoms with Crippen LogP contribution in [0, 0.1) is 11.6 Å². The Labute approximate surface area is 187 Å². The zero-order valence-corrected chi connectivity index (χ0v) is 19.0. The molecule has 0 aromatic heterocycles. The van der Waals surface area contributed by atoms with Gasteiger partial charge in [0.25, 0.3) is 0 Å². The summed E-state index contributed by atoms with van der Waals surface area (Å²) in [6, 6.07) is 11.8. The van der Waals surface area contributed by atoms with Crippen LogP contribution in [0.2, 0.25) is 0 Å². The second kappa shape index (κ2) is 11.2. The number of ether oxygens (including phenoxy) is 1. The molecule has 29 heavy (non-hydrogen) atoms. The van der Waals surface area contributed by atoms with Gasteiger partial charge in [0.05, 0.1) is 12.8 Å². The summed E-state index contributed by atoms with van der Waals surface area (Å²) in [5.41, 5.74) is 1.57. The van der Waals surface area contributed by atoms with Gasteiger partial charge >= 0.3 is 0 Å². The number of methoxy groups -OCH3 is 1. The number of nitrogens with zero attached hydrogens (tertiary/aromatic N) is 2. The molecule has 0 radical (unpaired) electrons. The SMILES string of the molecule is CN=C(NCCc1ccccc1OC)NC1CCN(c2ccc(F)cc2F)C1.I. The lowest BCUT2D eigenvalue weighted by atomic mass is 10.1. The van der Waals surface area contributed by atoms with E-state index in [1.807, 2.05) is 29.2 Å². The van der Waals surface area contributed by atoms with E-state index in [1.54, 1.807) is 14.2 Å². The lowest BCUT2D eigenvalue weighted by Gasteiger charge is -2.21. The van der Waals surface area contributed by atoms with Crippen LogP contribution in [-0.2, 0) is 6.42 Å². The minimum absolute atomic E-state index is 0. The Bertz CT molecular complexity index is 834. The third-order valence-corrected chi connectivity index (χ3v) is 4.88. The summed E-state index contributed by atoms with van der Waals surface area (Å²) in [4.78, 5) is 6.20. The van der Waals surface area contributed by atoms with Crippen molar-refractivity contribution in [3.05, 3.63) is 59.7 Å². The minimum Gasteiger partial charge on any atom is -0.496 e. The molecular weight excluding hydrogens is 489 g/mol. The predicted octanol–water partition coefficient (Wildman–Crippen LogP) is 3.58. The van der Waals surface area contributed by atoms with E-state index in [4.69, 9.17) is 4.74 Å². The highest BCUT2D eigenvalue weighted by Crippen LogP contribution is 2.24. The predicted molar refractivity (Wildman–Crippen MR) is 124 cm³/mol. The van der Waals surface area contributed by atoms with Crippen molar-refractivity contribution in [1.29, 1.82) is 0 Å². The summed E-state index contributed by atoms with van der Waals surface area (Å²) < 4.78 is 32.5. The number of guanidine groups is 1. The van der Waals surface area contributed by atoms with Crippen molar-refractivity contribution in [1.82, 2.24) is 10.6 Å². The maximum atomic E-state index is 14.0. The average molecular weight is 516 g/mol. The van der Waals surface area contributed by atoms with E-state index < -0.39 is 11.6 Å². The molecule has 1 aliphatic heterocycles. The molecular formula is C21H27F2IN4O. The first-order valence-corrected chi connectivity index (χ1v) is 9.39. The first kappa shape index (κ1) is 23.2. The Balaban J connectivity index is 0.00000300. The molecule has 1 heterocycles. The van der Waals surface area contributed by atoms with Gasteiger partial charge in [-0.2, -0.15) is 0 Å². The zero-order chi connectivity index (χ0) is 19.9. The first-order chi connectivity index (χ1) is 13.6. The van der Waals surface area contributed by atoms with Crippen LogP contribution < -0.4 is 20.3 Å². The van der Waals surface area contributed by atoms with Crippen LogP contribution in [-0.4, -0.2) is 45.8 Å². The van der Waals surface area contributed by atoms with Crippen LogP contribution in [0.25, 0.3) is 0 Å². The standard InChI is InChI=1S/C21H26F2N4O.HI/c1-24-21(25-11-9-15-5-3-4-6-20(15)28-2)26-17-10-12-27(14-17)19-8-7-16(22)13-18(19)23;/h3-8,13,17H,9-12,14H2,1-2H3,(H2,24,25,26);1H. The molecule has 8 heteroatoms. The van der Waals surface area contributed by atoms with Gasteiger partial charge in [0.2, 0.25) is 0 Å². The number of hydrogen-bond acceptors (Lipinski definition) is 3. The average Bonchev–Trinajstić information content (AvgIpc) is 3.15. The molecule has 1 unspecified atom stereocenters. The van der Waals surface area contributed by atoms with E-state index in [1.165, 1.54) is 12.1 Å². The summed E-state index contributed by atoms with van der Waals surface area (Å²) in [5.74, 6) is 0.496. The van der Waals surface area contributed by atoms with Crippen LogP contribution in [0.5, 0.6) is 5.75 Å². The van der Waals surface area contributed by atoms with Gasteiger partial charge in [0, 0.05) is 38.8 Å². The Morgan fingerprint density at radius 2 is 2.03 bits per heavy atom. The molecule has 0 spiro atoms. The number of aliphatic imine (C=N–C) groups is 1. The summed E-state index contributed by atoms with van der Waals surface area (Å²) in [7, 11) is 3.40. The Kier molecular flexibility index (Phi) is 8.94. The maximum Gasteiger partial charge on any atom is 0.191 e. The van der Waals surface area contributed by atoms with Crippen molar-refractivity contribution >= 4 is 35.6 Å². The third-order valence-electron chi connectivity index (χ3n) is 4.88.